The molecule has 1 aromatic carbocycles. The van der Waals surface area contributed by atoms with Gasteiger partial charge in [0.15, 0.2) is 0 Å². The van der Waals surface area contributed by atoms with Gasteiger partial charge in [-0.3, -0.25) is 10.6 Å². The first-order valence-corrected chi connectivity index (χ1v) is 7.19. The lowest BCUT2D eigenvalue weighted by Crippen LogP contribution is -2.54. The number of nitrogens with one attached hydrogen (secondary N) is 3. The third-order valence-corrected chi connectivity index (χ3v) is 4.21. The Morgan fingerprint density at radius 1 is 1.10 bits per heavy atom. The summed E-state index contributed by atoms with van der Waals surface area (Å²) in [5, 5.41) is 10.1. The lowest BCUT2D eigenvalue weighted by Gasteiger charge is -2.36. The van der Waals surface area contributed by atoms with Crippen LogP contribution in [0.25, 0.3) is 6.08 Å². The second-order valence-electron chi connectivity index (χ2n) is 5.31. The molecule has 3 nitrogen and oxygen atoms in total. The fourth-order valence-corrected chi connectivity index (χ4v) is 2.72. The van der Waals surface area contributed by atoms with E-state index in [1.165, 1.54) is 22.4 Å². The van der Waals surface area contributed by atoms with E-state index in [1.54, 1.807) is 0 Å². The third kappa shape index (κ3) is 2.94. The Kier molecular flexibility index (Phi) is 4.63. The maximum atomic E-state index is 3.37. The maximum absolute atomic E-state index is 3.37. The molecule has 0 atom stereocenters. The monoisotopic (exact) mass is 271 g/mol. The van der Waals surface area contributed by atoms with E-state index in [2.05, 4.69) is 59.3 Å². The Morgan fingerprint density at radius 3 is 2.40 bits per heavy atom. The zero-order valence-electron chi connectivity index (χ0n) is 12.9. The minimum Gasteiger partial charge on any atom is -0.388 e. The largest absolute Gasteiger partial charge is 0.388 e. The molecule has 1 aliphatic carbocycles. The highest BCUT2D eigenvalue weighted by Crippen LogP contribution is 2.29. The van der Waals surface area contributed by atoms with Gasteiger partial charge in [-0.05, 0) is 62.7 Å². The van der Waals surface area contributed by atoms with E-state index in [4.69, 9.17) is 0 Å². The van der Waals surface area contributed by atoms with Gasteiger partial charge in [0.1, 0.15) is 0 Å². The third-order valence-electron chi connectivity index (χ3n) is 4.21. The highest BCUT2D eigenvalue weighted by Gasteiger charge is 2.29. The SMILES string of the molecule is CNC1=CC(NC)(NC)CC/C1=C/c1ccccc1C. The van der Waals surface area contributed by atoms with Crippen molar-refractivity contribution in [1.29, 1.82) is 0 Å². The fourth-order valence-electron chi connectivity index (χ4n) is 2.72. The Bertz CT molecular complexity index is 525. The Balaban J connectivity index is 2.37. The van der Waals surface area contributed by atoms with Gasteiger partial charge in [0, 0.05) is 12.7 Å². The molecule has 1 aromatic rings. The van der Waals surface area contributed by atoms with E-state index in [1.807, 2.05) is 21.1 Å². The van der Waals surface area contributed by atoms with Gasteiger partial charge < -0.3 is 5.32 Å². The summed E-state index contributed by atoms with van der Waals surface area (Å²) in [5.74, 6) is 0. The van der Waals surface area contributed by atoms with E-state index in [0.717, 1.165) is 12.8 Å². The second-order valence-corrected chi connectivity index (χ2v) is 5.31. The number of aryl methyl sites for hydroxylation is 1. The molecule has 3 N–H and O–H groups in total. The minimum atomic E-state index is -0.110. The molecule has 108 valence electrons. The summed E-state index contributed by atoms with van der Waals surface area (Å²) in [7, 11) is 5.98. The minimum absolute atomic E-state index is 0.110. The van der Waals surface area contributed by atoms with Gasteiger partial charge in [0.25, 0.3) is 0 Å². The zero-order valence-corrected chi connectivity index (χ0v) is 12.9. The average molecular weight is 271 g/mol. The normalized spacial score (nSPS) is 19.8. The van der Waals surface area contributed by atoms with E-state index < -0.39 is 0 Å². The Labute approximate surface area is 122 Å². The standard InChI is InChI=1S/C17H25N3/c1-13-7-5-6-8-14(13)11-15-9-10-17(19-3,20-4)12-16(15)18-2/h5-8,11-12,18-20H,9-10H2,1-4H3/b15-11-. The van der Waals surface area contributed by atoms with Crippen LogP contribution in [0.15, 0.2) is 41.6 Å². The maximum Gasteiger partial charge on any atom is 0.0900 e. The molecule has 0 bridgehead atoms. The summed E-state index contributed by atoms with van der Waals surface area (Å²) in [6.07, 6.45) is 6.64. The molecule has 3 heteroatoms. The molecule has 0 spiro atoms. The summed E-state index contributed by atoms with van der Waals surface area (Å²) in [4.78, 5) is 0. The van der Waals surface area contributed by atoms with Crippen molar-refractivity contribution < 1.29 is 0 Å². The first-order valence-electron chi connectivity index (χ1n) is 7.19. The van der Waals surface area contributed by atoms with Crippen molar-refractivity contribution in [1.82, 2.24) is 16.0 Å². The van der Waals surface area contributed by atoms with Crippen LogP contribution in [0.1, 0.15) is 24.0 Å². The van der Waals surface area contributed by atoms with Crippen LogP contribution in [0.5, 0.6) is 0 Å². The molecule has 20 heavy (non-hydrogen) atoms. The van der Waals surface area contributed by atoms with Crippen molar-refractivity contribution in [2.24, 2.45) is 0 Å². The molecule has 0 radical (unpaired) electrons. The molecule has 0 aliphatic heterocycles. The smallest absolute Gasteiger partial charge is 0.0900 e. The topological polar surface area (TPSA) is 36.1 Å². The van der Waals surface area contributed by atoms with Crippen molar-refractivity contribution in [3.8, 4) is 0 Å². The molecular formula is C17H25N3. The lowest BCUT2D eigenvalue weighted by molar-refractivity contribution is 0.338. The van der Waals surface area contributed by atoms with Gasteiger partial charge in [0.2, 0.25) is 0 Å². The molecule has 0 amide bonds. The van der Waals surface area contributed by atoms with E-state index in [9.17, 15) is 0 Å². The lowest BCUT2D eigenvalue weighted by atomic mass is 9.88. The number of hydrogen-bond donors (Lipinski definition) is 3. The van der Waals surface area contributed by atoms with Crippen LogP contribution >= 0.6 is 0 Å². The van der Waals surface area contributed by atoms with Gasteiger partial charge in [-0.2, -0.15) is 0 Å². The second kappa shape index (κ2) is 6.25. The van der Waals surface area contributed by atoms with Crippen molar-refractivity contribution >= 4 is 6.08 Å². The first kappa shape index (κ1) is 14.8. The molecule has 0 saturated heterocycles. The van der Waals surface area contributed by atoms with Crippen LogP contribution in [0.3, 0.4) is 0 Å². The molecule has 0 fully saturated rings. The number of benzene rings is 1. The fraction of sp³-hybridized carbons (Fsp3) is 0.412. The van der Waals surface area contributed by atoms with Crippen LogP contribution in [0, 0.1) is 6.92 Å². The molecular weight excluding hydrogens is 246 g/mol. The Hall–Kier alpha value is -1.58. The molecule has 0 aromatic heterocycles. The van der Waals surface area contributed by atoms with Gasteiger partial charge in [0.05, 0.1) is 5.66 Å². The van der Waals surface area contributed by atoms with Gasteiger partial charge in [-0.15, -0.1) is 0 Å². The molecule has 0 saturated carbocycles. The zero-order chi connectivity index (χ0) is 14.6. The predicted octanol–water partition coefficient (Wildman–Crippen LogP) is 2.41. The van der Waals surface area contributed by atoms with Crippen molar-refractivity contribution in [2.45, 2.75) is 25.4 Å². The molecule has 0 heterocycles. The van der Waals surface area contributed by atoms with Crippen molar-refractivity contribution in [2.75, 3.05) is 21.1 Å². The van der Waals surface area contributed by atoms with Gasteiger partial charge in [-0.25, -0.2) is 0 Å². The summed E-state index contributed by atoms with van der Waals surface area (Å²) in [6.45, 7) is 2.16. The summed E-state index contributed by atoms with van der Waals surface area (Å²) in [5.41, 5.74) is 5.06. The van der Waals surface area contributed by atoms with Gasteiger partial charge in [-0.1, -0.05) is 24.3 Å². The van der Waals surface area contributed by atoms with Crippen LogP contribution < -0.4 is 16.0 Å². The van der Waals surface area contributed by atoms with Crippen molar-refractivity contribution in [3.05, 3.63) is 52.7 Å². The van der Waals surface area contributed by atoms with Gasteiger partial charge >= 0.3 is 0 Å². The number of hydrogen-bond acceptors (Lipinski definition) is 3. The van der Waals surface area contributed by atoms with E-state index in [0.29, 0.717) is 0 Å². The first-order chi connectivity index (χ1) is 9.64. The van der Waals surface area contributed by atoms with E-state index in [-0.39, 0.29) is 5.66 Å². The van der Waals surface area contributed by atoms with Crippen LogP contribution in [-0.2, 0) is 0 Å². The highest BCUT2D eigenvalue weighted by molar-refractivity contribution is 5.61. The van der Waals surface area contributed by atoms with E-state index >= 15 is 0 Å². The molecule has 0 unspecified atom stereocenters. The summed E-state index contributed by atoms with van der Waals surface area (Å²) >= 11 is 0. The Morgan fingerprint density at radius 2 is 1.80 bits per heavy atom. The predicted molar refractivity (Wildman–Crippen MR) is 86.4 cm³/mol. The number of allylic oxidation sites excluding steroid dienone is 1. The summed E-state index contributed by atoms with van der Waals surface area (Å²) < 4.78 is 0. The number of likely N-dealkylation sites (N-methyl/N-ethyl adjacent to an activating group) is 3. The van der Waals surface area contributed by atoms with Crippen LogP contribution in [0.4, 0.5) is 0 Å². The average Bonchev–Trinajstić information content (AvgIpc) is 2.50. The summed E-state index contributed by atoms with van der Waals surface area (Å²) in [6, 6.07) is 8.51. The van der Waals surface area contributed by atoms with Crippen LogP contribution in [-0.4, -0.2) is 26.8 Å². The molecule has 1 aliphatic rings. The quantitative estimate of drug-likeness (QED) is 0.736. The van der Waals surface area contributed by atoms with Crippen LogP contribution in [0.2, 0.25) is 0 Å². The van der Waals surface area contributed by atoms with Crippen molar-refractivity contribution in [3.63, 3.8) is 0 Å². The molecule has 2 rings (SSSR count). The highest BCUT2D eigenvalue weighted by atomic mass is 15.2. The number of rotatable bonds is 4.